The van der Waals surface area contributed by atoms with Gasteiger partial charge in [0.2, 0.25) is 0 Å². The molecule has 3 aliphatic rings. The molecule has 9 heteroatoms. The van der Waals surface area contributed by atoms with Crippen LogP contribution in [0.5, 0.6) is 0 Å². The summed E-state index contributed by atoms with van der Waals surface area (Å²) in [6.07, 6.45) is 0.263. The predicted molar refractivity (Wildman–Crippen MR) is 94.4 cm³/mol. The lowest BCUT2D eigenvalue weighted by Gasteiger charge is -2.40. The van der Waals surface area contributed by atoms with E-state index in [1.807, 2.05) is 12.4 Å². The summed E-state index contributed by atoms with van der Waals surface area (Å²) in [5.41, 5.74) is 1.24. The Kier molecular flexibility index (Phi) is 4.32. The summed E-state index contributed by atoms with van der Waals surface area (Å²) in [6.45, 7) is 1.92. The summed E-state index contributed by atoms with van der Waals surface area (Å²) in [5.74, 6) is 7.21. The van der Waals surface area contributed by atoms with Crippen molar-refractivity contribution < 1.29 is 13.2 Å². The first-order valence-electron chi connectivity index (χ1n) is 8.97. The van der Waals surface area contributed by atoms with Crippen LogP contribution in [0.2, 0.25) is 0 Å². The number of nitrogens with one attached hydrogen (secondary N) is 2. The van der Waals surface area contributed by atoms with Gasteiger partial charge in [0.05, 0.1) is 6.04 Å². The summed E-state index contributed by atoms with van der Waals surface area (Å²) in [7, 11) is 0. The normalized spacial score (nSPS) is 31.5. The number of nitrogens with zero attached hydrogens (tertiary/aromatic N) is 3. The molecule has 4 heterocycles. The summed E-state index contributed by atoms with van der Waals surface area (Å²) >= 11 is 0. The van der Waals surface area contributed by atoms with Gasteiger partial charge in [0, 0.05) is 31.7 Å². The Morgan fingerprint density at radius 3 is 3.04 bits per heavy atom. The Bertz CT molecular complexity index is 710. The minimum absolute atomic E-state index is 0.0614. The first-order chi connectivity index (χ1) is 12.5. The quantitative estimate of drug-likeness (QED) is 0.325. The van der Waals surface area contributed by atoms with Crippen LogP contribution in [0.25, 0.3) is 0 Å². The third-order valence-corrected chi connectivity index (χ3v) is 5.88. The highest BCUT2D eigenvalue weighted by Crippen LogP contribution is 2.46. The summed E-state index contributed by atoms with van der Waals surface area (Å²) in [6, 6.07) is 2.28. The van der Waals surface area contributed by atoms with Crippen LogP contribution in [0.3, 0.4) is 0 Å². The van der Waals surface area contributed by atoms with E-state index < -0.39 is 12.6 Å². The van der Waals surface area contributed by atoms with Crippen LogP contribution in [0, 0.1) is 11.8 Å². The molecular weight excluding hydrogens is 345 g/mol. The molecule has 0 radical (unpaired) electrons. The van der Waals surface area contributed by atoms with Gasteiger partial charge in [0.1, 0.15) is 18.1 Å². The molecule has 4 rings (SSSR count). The Hall–Kier alpha value is -2.19. The zero-order chi connectivity index (χ0) is 18.3. The van der Waals surface area contributed by atoms with Crippen LogP contribution in [-0.2, 0) is 0 Å². The largest absolute Gasteiger partial charge is 0.396 e. The second-order valence-electron chi connectivity index (χ2n) is 7.35. The van der Waals surface area contributed by atoms with Gasteiger partial charge in [-0.3, -0.25) is 4.99 Å². The molecule has 4 N–H and O–H groups in total. The third-order valence-electron chi connectivity index (χ3n) is 5.88. The maximum Gasteiger partial charge on any atom is 0.396 e. The van der Waals surface area contributed by atoms with Crippen molar-refractivity contribution >= 4 is 17.9 Å². The lowest BCUT2D eigenvalue weighted by atomic mass is 9.70. The average Bonchev–Trinajstić information content (AvgIpc) is 3.27. The van der Waals surface area contributed by atoms with E-state index >= 15 is 0 Å². The number of hydrogen-bond donors (Lipinski definition) is 3. The van der Waals surface area contributed by atoms with Crippen LogP contribution in [0.1, 0.15) is 30.7 Å². The number of aromatic amines is 1. The number of halogens is 3. The summed E-state index contributed by atoms with van der Waals surface area (Å²) in [4.78, 5) is 9.60. The molecule has 1 aromatic heterocycles. The van der Waals surface area contributed by atoms with Crippen molar-refractivity contribution in [2.45, 2.75) is 37.4 Å². The second kappa shape index (κ2) is 6.51. The highest BCUT2D eigenvalue weighted by Gasteiger charge is 2.44. The number of fused-ring (bicyclic) bond motifs is 3. The van der Waals surface area contributed by atoms with E-state index in [4.69, 9.17) is 5.84 Å². The van der Waals surface area contributed by atoms with Crippen molar-refractivity contribution in [1.82, 2.24) is 9.88 Å². The standard InChI is InChI=1S/C17H23F3N6/c18-17(19,20)7-14(25-21)26-6-3-10(9-26)11-1-4-22-13-8-24-16-12(15(11)13)2-5-23-16/h2,4-5,10-11,13,15,23-24H,1,3,6-9,21H2. The zero-order valence-corrected chi connectivity index (χ0v) is 14.3. The Morgan fingerprint density at radius 1 is 1.42 bits per heavy atom. The number of rotatable bonds is 2. The molecule has 0 aliphatic carbocycles. The van der Waals surface area contributed by atoms with Gasteiger partial charge in [-0.25, -0.2) is 0 Å². The average molecular weight is 368 g/mol. The van der Waals surface area contributed by atoms with E-state index in [0.717, 1.165) is 25.2 Å². The molecule has 4 unspecified atom stereocenters. The minimum atomic E-state index is -4.30. The second-order valence-corrected chi connectivity index (χ2v) is 7.35. The van der Waals surface area contributed by atoms with Crippen molar-refractivity contribution in [2.75, 3.05) is 25.0 Å². The number of alkyl halides is 3. The van der Waals surface area contributed by atoms with Crippen molar-refractivity contribution in [3.63, 3.8) is 0 Å². The van der Waals surface area contributed by atoms with Crippen LogP contribution in [0.15, 0.2) is 22.4 Å². The summed E-state index contributed by atoms with van der Waals surface area (Å²) in [5, 5.41) is 6.80. The van der Waals surface area contributed by atoms with Gasteiger partial charge < -0.3 is 21.0 Å². The van der Waals surface area contributed by atoms with E-state index in [1.54, 1.807) is 4.90 Å². The van der Waals surface area contributed by atoms with Gasteiger partial charge >= 0.3 is 6.18 Å². The first-order valence-corrected chi connectivity index (χ1v) is 8.97. The number of amidine groups is 1. The zero-order valence-electron chi connectivity index (χ0n) is 14.3. The van der Waals surface area contributed by atoms with E-state index in [9.17, 15) is 13.2 Å². The maximum absolute atomic E-state index is 12.8. The number of hydrazone groups is 1. The number of likely N-dealkylation sites (tertiary alicyclic amines) is 1. The fourth-order valence-electron chi connectivity index (χ4n) is 4.75. The fourth-order valence-corrected chi connectivity index (χ4v) is 4.75. The highest BCUT2D eigenvalue weighted by molar-refractivity contribution is 5.83. The van der Waals surface area contributed by atoms with Gasteiger partial charge in [-0.1, -0.05) is 0 Å². The van der Waals surface area contributed by atoms with E-state index in [0.29, 0.717) is 30.8 Å². The molecule has 0 aromatic carbocycles. The molecule has 6 nitrogen and oxygen atoms in total. The Morgan fingerprint density at radius 2 is 2.27 bits per heavy atom. The summed E-state index contributed by atoms with van der Waals surface area (Å²) < 4.78 is 38.3. The molecule has 4 atom stereocenters. The van der Waals surface area contributed by atoms with E-state index in [-0.39, 0.29) is 11.9 Å². The molecule has 26 heavy (non-hydrogen) atoms. The van der Waals surface area contributed by atoms with Gasteiger partial charge in [-0.2, -0.15) is 18.3 Å². The third kappa shape index (κ3) is 3.14. The SMILES string of the molecule is NN=C(CC(F)(F)F)N1CCC(C2CC=NC3CNc4[nH]ccc4C32)C1. The van der Waals surface area contributed by atoms with Gasteiger partial charge in [-0.15, -0.1) is 0 Å². The van der Waals surface area contributed by atoms with Crippen molar-refractivity contribution in [3.8, 4) is 0 Å². The van der Waals surface area contributed by atoms with Crippen LogP contribution < -0.4 is 11.2 Å². The van der Waals surface area contributed by atoms with Crippen LogP contribution in [-0.4, -0.2) is 53.8 Å². The predicted octanol–water partition coefficient (Wildman–Crippen LogP) is 2.53. The number of nitrogens with two attached hydrogens (primary N) is 1. The molecule has 0 bridgehead atoms. The number of aliphatic imine (C=N–C) groups is 1. The molecule has 0 saturated carbocycles. The smallest absolute Gasteiger partial charge is 0.369 e. The monoisotopic (exact) mass is 368 g/mol. The molecular formula is C17H23F3N6. The maximum atomic E-state index is 12.8. The van der Waals surface area contributed by atoms with Crippen molar-refractivity contribution in [3.05, 3.63) is 17.8 Å². The lowest BCUT2D eigenvalue weighted by Crippen LogP contribution is -2.41. The minimum Gasteiger partial charge on any atom is -0.369 e. The van der Waals surface area contributed by atoms with Crippen molar-refractivity contribution in [1.29, 1.82) is 0 Å². The molecule has 1 saturated heterocycles. The first kappa shape index (κ1) is 17.2. The molecule has 0 amide bonds. The van der Waals surface area contributed by atoms with Crippen LogP contribution in [0.4, 0.5) is 19.0 Å². The Balaban J connectivity index is 1.51. The van der Waals surface area contributed by atoms with Crippen LogP contribution >= 0.6 is 0 Å². The van der Waals surface area contributed by atoms with Crippen molar-refractivity contribution in [2.24, 2.45) is 27.8 Å². The molecule has 0 spiro atoms. The Labute approximate surface area is 149 Å². The fraction of sp³-hybridized carbons (Fsp3) is 0.647. The molecule has 1 fully saturated rings. The van der Waals surface area contributed by atoms with Gasteiger partial charge in [-0.05, 0) is 42.5 Å². The topological polar surface area (TPSA) is 81.8 Å². The lowest BCUT2D eigenvalue weighted by molar-refractivity contribution is -0.122. The molecule has 142 valence electrons. The molecule has 1 aromatic rings. The number of anilines is 1. The number of hydrogen-bond acceptors (Lipinski definition) is 4. The van der Waals surface area contributed by atoms with E-state index in [2.05, 4.69) is 26.5 Å². The number of H-pyrrole nitrogens is 1. The number of aromatic nitrogens is 1. The van der Waals surface area contributed by atoms with Gasteiger partial charge in [0.15, 0.2) is 0 Å². The molecule has 3 aliphatic heterocycles. The van der Waals surface area contributed by atoms with E-state index in [1.165, 1.54) is 5.56 Å². The highest BCUT2D eigenvalue weighted by atomic mass is 19.4. The van der Waals surface area contributed by atoms with Gasteiger partial charge in [0.25, 0.3) is 0 Å².